The summed E-state index contributed by atoms with van der Waals surface area (Å²) in [5.41, 5.74) is -0.373. The summed E-state index contributed by atoms with van der Waals surface area (Å²) >= 11 is 0. The van der Waals surface area contributed by atoms with Crippen molar-refractivity contribution in [2.75, 3.05) is 31.6 Å². The number of hydrogen-bond donors (Lipinski definition) is 0. The van der Waals surface area contributed by atoms with Crippen molar-refractivity contribution in [3.8, 4) is 5.75 Å². The molecule has 1 heterocycles. The molecule has 1 aliphatic rings. The topological polar surface area (TPSA) is 93.0 Å². The van der Waals surface area contributed by atoms with Crippen LogP contribution in [0.2, 0.25) is 0 Å². The Hall–Kier alpha value is -2.86. The molecule has 0 saturated carbocycles. The molecule has 162 valence electrons. The fourth-order valence-corrected chi connectivity index (χ4v) is 5.14. The minimum absolute atomic E-state index is 0.0488. The first-order valence-electron chi connectivity index (χ1n) is 8.77. The molecule has 0 amide bonds. The predicted molar refractivity (Wildman–Crippen MR) is 102 cm³/mol. The van der Waals surface area contributed by atoms with E-state index in [0.29, 0.717) is 15.7 Å². The van der Waals surface area contributed by atoms with Gasteiger partial charge in [-0.3, -0.25) is 10.1 Å². The number of hydrogen-bond acceptors (Lipinski definition) is 6. The number of ether oxygens (including phenoxy) is 1. The molecule has 0 aromatic heterocycles. The van der Waals surface area contributed by atoms with Gasteiger partial charge in [0.1, 0.15) is 11.8 Å². The number of nitro groups is 1. The monoisotopic (exact) mass is 445 g/mol. The van der Waals surface area contributed by atoms with E-state index in [1.54, 1.807) is 24.3 Å². The lowest BCUT2D eigenvalue weighted by atomic mass is 10.1. The lowest BCUT2D eigenvalue weighted by Crippen LogP contribution is -2.60. The largest absolute Gasteiger partial charge is 0.495 e. The van der Waals surface area contributed by atoms with Crippen molar-refractivity contribution in [3.63, 3.8) is 0 Å². The molecular formula is C18H18F3N3O5S. The Balaban J connectivity index is 2.01. The minimum Gasteiger partial charge on any atom is -0.495 e. The first kappa shape index (κ1) is 21.8. The van der Waals surface area contributed by atoms with Crippen molar-refractivity contribution < 1.29 is 31.2 Å². The number of rotatable bonds is 5. The number of sulfonamides is 1. The van der Waals surface area contributed by atoms with Crippen molar-refractivity contribution in [3.05, 3.63) is 58.6 Å². The summed E-state index contributed by atoms with van der Waals surface area (Å²) in [6.07, 6.45) is -4.89. The summed E-state index contributed by atoms with van der Waals surface area (Å²) in [5, 5.41) is 11.2. The van der Waals surface area contributed by atoms with E-state index in [4.69, 9.17) is 4.74 Å². The second kappa shape index (κ2) is 8.11. The highest BCUT2D eigenvalue weighted by atomic mass is 32.2. The van der Waals surface area contributed by atoms with Crippen LogP contribution in [-0.2, 0) is 10.0 Å². The zero-order valence-electron chi connectivity index (χ0n) is 15.7. The van der Waals surface area contributed by atoms with Gasteiger partial charge < -0.3 is 9.64 Å². The Morgan fingerprint density at radius 1 is 1.10 bits per heavy atom. The number of methoxy groups -OCH3 is 1. The Labute approximate surface area is 170 Å². The van der Waals surface area contributed by atoms with Crippen LogP contribution in [0.3, 0.4) is 0 Å². The predicted octanol–water partition coefficient (Wildman–Crippen LogP) is 3.05. The Bertz CT molecular complexity index is 1050. The van der Waals surface area contributed by atoms with Crippen LogP contribution >= 0.6 is 0 Å². The standard InChI is InChI=1S/C18H18F3N3O5S/c1-29-15-8-4-2-6-13(15)22-10-11-23(17(12-22)18(19,20)21)30(27,28)16-9-5-3-7-14(16)24(25)26/h2-9,17H,10-12H2,1H3. The summed E-state index contributed by atoms with van der Waals surface area (Å²) < 4.78 is 73.1. The molecule has 1 saturated heterocycles. The van der Waals surface area contributed by atoms with Crippen molar-refractivity contribution in [1.29, 1.82) is 0 Å². The number of benzene rings is 2. The third-order valence-corrected chi connectivity index (χ3v) is 6.74. The molecule has 0 aliphatic carbocycles. The highest BCUT2D eigenvalue weighted by Gasteiger charge is 2.52. The highest BCUT2D eigenvalue weighted by Crippen LogP contribution is 2.37. The van der Waals surface area contributed by atoms with E-state index in [0.717, 1.165) is 12.1 Å². The van der Waals surface area contributed by atoms with E-state index in [-0.39, 0.29) is 6.54 Å². The Morgan fingerprint density at radius 3 is 2.37 bits per heavy atom. The fourth-order valence-electron chi connectivity index (χ4n) is 3.38. The maximum Gasteiger partial charge on any atom is 0.406 e. The number of anilines is 1. The van der Waals surface area contributed by atoms with Gasteiger partial charge in [-0.15, -0.1) is 0 Å². The van der Waals surface area contributed by atoms with Gasteiger partial charge in [-0.25, -0.2) is 8.42 Å². The van der Waals surface area contributed by atoms with Crippen LogP contribution in [0.1, 0.15) is 0 Å². The summed E-state index contributed by atoms with van der Waals surface area (Å²) in [6.45, 7) is -1.23. The van der Waals surface area contributed by atoms with Gasteiger partial charge in [0, 0.05) is 25.7 Å². The van der Waals surface area contributed by atoms with Gasteiger partial charge >= 0.3 is 6.18 Å². The minimum atomic E-state index is -4.89. The second-order valence-electron chi connectivity index (χ2n) is 6.52. The SMILES string of the molecule is COc1ccccc1N1CCN(S(=O)(=O)c2ccccc2[N+](=O)[O-])C(C(F)(F)F)C1. The molecule has 12 heteroatoms. The van der Waals surface area contributed by atoms with Crippen LogP contribution < -0.4 is 9.64 Å². The summed E-state index contributed by atoms with van der Waals surface area (Å²) in [6, 6.07) is 8.45. The third kappa shape index (κ3) is 4.05. The molecule has 0 bridgehead atoms. The number of alkyl halides is 3. The summed E-state index contributed by atoms with van der Waals surface area (Å²) in [7, 11) is -3.39. The lowest BCUT2D eigenvalue weighted by molar-refractivity contribution is -0.387. The molecule has 2 aromatic carbocycles. The number of nitro benzene ring substituents is 1. The highest BCUT2D eigenvalue weighted by molar-refractivity contribution is 7.89. The van der Waals surface area contributed by atoms with Crippen LogP contribution in [-0.4, -0.2) is 56.6 Å². The van der Waals surface area contributed by atoms with Crippen LogP contribution in [0.4, 0.5) is 24.5 Å². The van der Waals surface area contributed by atoms with Gasteiger partial charge in [0.05, 0.1) is 17.7 Å². The molecule has 8 nitrogen and oxygen atoms in total. The Morgan fingerprint density at radius 2 is 1.73 bits per heavy atom. The van der Waals surface area contributed by atoms with Crippen LogP contribution in [0.25, 0.3) is 0 Å². The first-order valence-corrected chi connectivity index (χ1v) is 10.2. The molecule has 1 unspecified atom stereocenters. The first-order chi connectivity index (χ1) is 14.1. The molecule has 0 N–H and O–H groups in total. The van der Waals surface area contributed by atoms with E-state index in [1.807, 2.05) is 0 Å². The van der Waals surface area contributed by atoms with Gasteiger partial charge in [0.2, 0.25) is 0 Å². The van der Waals surface area contributed by atoms with Crippen LogP contribution in [0.15, 0.2) is 53.4 Å². The third-order valence-electron chi connectivity index (χ3n) is 4.78. The van der Waals surface area contributed by atoms with Crippen molar-refractivity contribution >= 4 is 21.4 Å². The number of nitrogens with zero attached hydrogens (tertiary/aromatic N) is 3. The zero-order valence-corrected chi connectivity index (χ0v) is 16.6. The molecule has 30 heavy (non-hydrogen) atoms. The molecular weight excluding hydrogens is 427 g/mol. The molecule has 0 radical (unpaired) electrons. The number of piperazine rings is 1. The lowest BCUT2D eigenvalue weighted by Gasteiger charge is -2.42. The second-order valence-corrected chi connectivity index (χ2v) is 8.37. The number of para-hydroxylation sites is 3. The van der Waals surface area contributed by atoms with Crippen LogP contribution in [0.5, 0.6) is 5.75 Å². The van der Waals surface area contributed by atoms with E-state index in [2.05, 4.69) is 0 Å². The van der Waals surface area contributed by atoms with Gasteiger partial charge in [0.15, 0.2) is 4.90 Å². The van der Waals surface area contributed by atoms with Crippen molar-refractivity contribution in [2.24, 2.45) is 0 Å². The average Bonchev–Trinajstić information content (AvgIpc) is 2.72. The van der Waals surface area contributed by atoms with Gasteiger partial charge in [-0.2, -0.15) is 17.5 Å². The van der Waals surface area contributed by atoms with Crippen LogP contribution in [0, 0.1) is 10.1 Å². The van der Waals surface area contributed by atoms with Gasteiger partial charge in [-0.05, 0) is 18.2 Å². The summed E-state index contributed by atoms with van der Waals surface area (Å²) in [4.78, 5) is 10.9. The molecule has 2 aromatic rings. The molecule has 0 spiro atoms. The molecule has 3 rings (SSSR count). The smallest absolute Gasteiger partial charge is 0.406 e. The van der Waals surface area contributed by atoms with E-state index in [1.165, 1.54) is 24.1 Å². The maximum absolute atomic E-state index is 13.9. The molecule has 1 atom stereocenters. The van der Waals surface area contributed by atoms with E-state index in [9.17, 15) is 31.7 Å². The van der Waals surface area contributed by atoms with E-state index < -0.39 is 50.8 Å². The Kier molecular flexibility index (Phi) is 5.90. The maximum atomic E-state index is 13.9. The average molecular weight is 445 g/mol. The zero-order chi connectivity index (χ0) is 22.1. The molecule has 1 aliphatic heterocycles. The summed E-state index contributed by atoms with van der Waals surface area (Å²) in [5.74, 6) is 0.355. The molecule has 1 fully saturated rings. The number of halogens is 3. The van der Waals surface area contributed by atoms with E-state index >= 15 is 0 Å². The quantitative estimate of drug-likeness (QED) is 0.519. The van der Waals surface area contributed by atoms with Gasteiger partial charge in [-0.1, -0.05) is 24.3 Å². The normalized spacial score (nSPS) is 18.3. The van der Waals surface area contributed by atoms with Crippen molar-refractivity contribution in [2.45, 2.75) is 17.1 Å². The fraction of sp³-hybridized carbons (Fsp3) is 0.333. The van der Waals surface area contributed by atoms with Crippen molar-refractivity contribution in [1.82, 2.24) is 4.31 Å². The van der Waals surface area contributed by atoms with Gasteiger partial charge in [0.25, 0.3) is 15.7 Å².